The van der Waals surface area contributed by atoms with Crippen LogP contribution in [-0.4, -0.2) is 5.91 Å². The number of nitrogens with one attached hydrogen (secondary N) is 1. The molecular weight excluding hydrogens is 270 g/mol. The average molecular weight is 289 g/mol. The van der Waals surface area contributed by atoms with Gasteiger partial charge in [-0.2, -0.15) is 0 Å². The third kappa shape index (κ3) is 2.86. The van der Waals surface area contributed by atoms with Crippen LogP contribution in [0, 0.1) is 6.92 Å². The highest BCUT2D eigenvalue weighted by Crippen LogP contribution is 2.20. The van der Waals surface area contributed by atoms with Crippen molar-refractivity contribution in [3.05, 3.63) is 83.4 Å². The molecule has 0 heterocycles. The van der Waals surface area contributed by atoms with Gasteiger partial charge in [0.05, 0.1) is 6.04 Å². The summed E-state index contributed by atoms with van der Waals surface area (Å²) in [4.78, 5) is 12.6. The molecule has 0 saturated carbocycles. The highest BCUT2D eigenvalue weighted by atomic mass is 16.1. The topological polar surface area (TPSA) is 29.1 Å². The molecular formula is C20H19NO. The van der Waals surface area contributed by atoms with E-state index in [0.717, 1.165) is 21.9 Å². The van der Waals surface area contributed by atoms with Crippen LogP contribution in [0.1, 0.15) is 34.5 Å². The Morgan fingerprint density at radius 1 is 0.909 bits per heavy atom. The van der Waals surface area contributed by atoms with E-state index in [9.17, 15) is 4.79 Å². The van der Waals surface area contributed by atoms with Crippen molar-refractivity contribution in [3.8, 4) is 0 Å². The van der Waals surface area contributed by atoms with Crippen molar-refractivity contribution in [2.75, 3.05) is 0 Å². The van der Waals surface area contributed by atoms with E-state index in [-0.39, 0.29) is 11.9 Å². The number of rotatable bonds is 3. The van der Waals surface area contributed by atoms with Crippen molar-refractivity contribution in [2.45, 2.75) is 19.9 Å². The third-order valence-corrected chi connectivity index (χ3v) is 3.96. The summed E-state index contributed by atoms with van der Waals surface area (Å²) in [6.07, 6.45) is 0. The molecule has 0 fully saturated rings. The second-order valence-corrected chi connectivity index (χ2v) is 5.63. The third-order valence-electron chi connectivity index (χ3n) is 3.96. The number of amides is 1. The van der Waals surface area contributed by atoms with Crippen LogP contribution in [0.5, 0.6) is 0 Å². The Kier molecular flexibility index (Phi) is 3.92. The summed E-state index contributed by atoms with van der Waals surface area (Å²) >= 11 is 0. The Labute approximate surface area is 130 Å². The first-order chi connectivity index (χ1) is 10.6. The molecule has 2 nitrogen and oxygen atoms in total. The molecule has 0 aliphatic rings. The van der Waals surface area contributed by atoms with Gasteiger partial charge in [0, 0.05) is 5.56 Å². The standard InChI is InChI=1S/C20H19NO/c1-14-10-12-16(13-11-14)15(2)21-20(22)19-9-5-7-17-6-3-4-8-18(17)19/h3-13,15H,1-2H3,(H,21,22). The Hall–Kier alpha value is -2.61. The molecule has 22 heavy (non-hydrogen) atoms. The molecule has 1 N–H and O–H groups in total. The van der Waals surface area contributed by atoms with Crippen LogP contribution in [0.15, 0.2) is 66.7 Å². The summed E-state index contributed by atoms with van der Waals surface area (Å²) in [5.41, 5.74) is 3.05. The minimum Gasteiger partial charge on any atom is -0.345 e. The first kappa shape index (κ1) is 14.3. The molecule has 0 aromatic heterocycles. The zero-order valence-corrected chi connectivity index (χ0v) is 12.8. The highest BCUT2D eigenvalue weighted by Gasteiger charge is 2.13. The second kappa shape index (κ2) is 6.02. The predicted octanol–water partition coefficient (Wildman–Crippen LogP) is 4.64. The predicted molar refractivity (Wildman–Crippen MR) is 91.0 cm³/mol. The van der Waals surface area contributed by atoms with E-state index in [1.54, 1.807) is 0 Å². The van der Waals surface area contributed by atoms with E-state index in [0.29, 0.717) is 0 Å². The monoisotopic (exact) mass is 289 g/mol. The van der Waals surface area contributed by atoms with Crippen molar-refractivity contribution in [1.29, 1.82) is 0 Å². The summed E-state index contributed by atoms with van der Waals surface area (Å²) < 4.78 is 0. The SMILES string of the molecule is Cc1ccc(C(C)NC(=O)c2cccc3ccccc23)cc1. The highest BCUT2D eigenvalue weighted by molar-refractivity contribution is 6.07. The lowest BCUT2D eigenvalue weighted by Gasteiger charge is -2.15. The lowest BCUT2D eigenvalue weighted by atomic mass is 10.0. The fourth-order valence-electron chi connectivity index (χ4n) is 2.64. The quantitative estimate of drug-likeness (QED) is 0.747. The van der Waals surface area contributed by atoms with Gasteiger partial charge in [0.1, 0.15) is 0 Å². The Morgan fingerprint density at radius 2 is 1.59 bits per heavy atom. The van der Waals surface area contributed by atoms with E-state index in [1.165, 1.54) is 5.56 Å². The molecule has 3 rings (SSSR count). The zero-order valence-electron chi connectivity index (χ0n) is 12.8. The molecule has 110 valence electrons. The average Bonchev–Trinajstić information content (AvgIpc) is 2.54. The maximum absolute atomic E-state index is 12.6. The lowest BCUT2D eigenvalue weighted by molar-refractivity contribution is 0.0941. The summed E-state index contributed by atoms with van der Waals surface area (Å²) in [6.45, 7) is 4.07. The fourth-order valence-corrected chi connectivity index (χ4v) is 2.64. The minimum atomic E-state index is -0.0372. The first-order valence-electron chi connectivity index (χ1n) is 7.50. The molecule has 0 aliphatic carbocycles. The molecule has 1 unspecified atom stereocenters. The summed E-state index contributed by atoms with van der Waals surface area (Å²) in [5, 5.41) is 5.15. The normalized spacial score (nSPS) is 12.1. The van der Waals surface area contributed by atoms with Crippen molar-refractivity contribution >= 4 is 16.7 Å². The van der Waals surface area contributed by atoms with Crippen molar-refractivity contribution in [1.82, 2.24) is 5.32 Å². The molecule has 1 amide bonds. The molecule has 0 saturated heterocycles. The molecule has 1 atom stereocenters. The smallest absolute Gasteiger partial charge is 0.252 e. The Balaban J connectivity index is 1.85. The van der Waals surface area contributed by atoms with Gasteiger partial charge in [-0.25, -0.2) is 0 Å². The first-order valence-corrected chi connectivity index (χ1v) is 7.50. The number of hydrogen-bond donors (Lipinski definition) is 1. The van der Waals surface area contributed by atoms with Crippen molar-refractivity contribution in [3.63, 3.8) is 0 Å². The van der Waals surface area contributed by atoms with Gasteiger partial charge >= 0.3 is 0 Å². The van der Waals surface area contributed by atoms with Crippen LogP contribution < -0.4 is 5.32 Å². The van der Waals surface area contributed by atoms with Gasteiger partial charge in [-0.15, -0.1) is 0 Å². The minimum absolute atomic E-state index is 0.0212. The van der Waals surface area contributed by atoms with Crippen LogP contribution in [0.25, 0.3) is 10.8 Å². The molecule has 0 spiro atoms. The van der Waals surface area contributed by atoms with Crippen molar-refractivity contribution < 1.29 is 4.79 Å². The lowest BCUT2D eigenvalue weighted by Crippen LogP contribution is -2.26. The van der Waals surface area contributed by atoms with Crippen molar-refractivity contribution in [2.24, 2.45) is 0 Å². The summed E-state index contributed by atoms with van der Waals surface area (Å²) in [7, 11) is 0. The summed E-state index contributed by atoms with van der Waals surface area (Å²) in [5.74, 6) is -0.0372. The van der Waals surface area contributed by atoms with Gasteiger partial charge < -0.3 is 5.32 Å². The number of benzene rings is 3. The Morgan fingerprint density at radius 3 is 2.36 bits per heavy atom. The molecule has 3 aromatic carbocycles. The van der Waals surface area contributed by atoms with E-state index in [1.807, 2.05) is 49.4 Å². The Bertz CT molecular complexity index is 800. The van der Waals surface area contributed by atoms with Crippen LogP contribution in [0.4, 0.5) is 0 Å². The van der Waals surface area contributed by atoms with Gasteiger partial charge in [-0.1, -0.05) is 66.2 Å². The number of carbonyl (C=O) groups excluding carboxylic acids is 1. The van der Waals surface area contributed by atoms with Crippen LogP contribution in [0.2, 0.25) is 0 Å². The zero-order chi connectivity index (χ0) is 15.5. The van der Waals surface area contributed by atoms with E-state index >= 15 is 0 Å². The maximum atomic E-state index is 12.6. The molecule has 0 bridgehead atoms. The van der Waals surface area contributed by atoms with E-state index < -0.39 is 0 Å². The van der Waals surface area contributed by atoms with Gasteiger partial charge in [-0.05, 0) is 36.2 Å². The largest absolute Gasteiger partial charge is 0.345 e. The number of hydrogen-bond acceptors (Lipinski definition) is 1. The summed E-state index contributed by atoms with van der Waals surface area (Å²) in [6, 6.07) is 22.0. The number of fused-ring (bicyclic) bond motifs is 1. The van der Waals surface area contributed by atoms with E-state index in [2.05, 4.69) is 36.5 Å². The second-order valence-electron chi connectivity index (χ2n) is 5.63. The van der Waals surface area contributed by atoms with Crippen LogP contribution >= 0.6 is 0 Å². The number of aryl methyl sites for hydroxylation is 1. The number of carbonyl (C=O) groups is 1. The molecule has 0 radical (unpaired) electrons. The van der Waals surface area contributed by atoms with E-state index in [4.69, 9.17) is 0 Å². The molecule has 0 aliphatic heterocycles. The van der Waals surface area contributed by atoms with Gasteiger partial charge in [0.25, 0.3) is 5.91 Å². The van der Waals surface area contributed by atoms with Gasteiger partial charge in [-0.3, -0.25) is 4.79 Å². The fraction of sp³-hybridized carbons (Fsp3) is 0.150. The van der Waals surface area contributed by atoms with Gasteiger partial charge in [0.15, 0.2) is 0 Å². The molecule has 2 heteroatoms. The maximum Gasteiger partial charge on any atom is 0.252 e. The van der Waals surface area contributed by atoms with Gasteiger partial charge in [0.2, 0.25) is 0 Å². The molecule has 3 aromatic rings. The van der Waals surface area contributed by atoms with Crippen LogP contribution in [0.3, 0.4) is 0 Å². The van der Waals surface area contributed by atoms with Crippen LogP contribution in [-0.2, 0) is 0 Å².